The van der Waals surface area contributed by atoms with Gasteiger partial charge in [0.05, 0.1) is 19.2 Å². The Morgan fingerprint density at radius 3 is 2.37 bits per heavy atom. The molecule has 0 unspecified atom stereocenters. The van der Waals surface area contributed by atoms with E-state index in [1.54, 1.807) is 13.3 Å². The fourth-order valence-electron chi connectivity index (χ4n) is 3.08. The number of ketones is 2. The molecular formula is C23H25NO3. The van der Waals surface area contributed by atoms with E-state index in [0.717, 1.165) is 16.5 Å². The zero-order valence-corrected chi connectivity index (χ0v) is 16.5. The third-order valence-electron chi connectivity index (χ3n) is 4.87. The van der Waals surface area contributed by atoms with Gasteiger partial charge in [0, 0.05) is 34.2 Å². The Bertz CT molecular complexity index is 1020. The molecule has 1 heterocycles. The Balaban J connectivity index is 2.15. The molecule has 0 fully saturated rings. The number of aryl methyl sites for hydroxylation is 1. The molecule has 0 saturated heterocycles. The Morgan fingerprint density at radius 2 is 1.74 bits per heavy atom. The molecule has 4 nitrogen and oxygen atoms in total. The van der Waals surface area contributed by atoms with E-state index in [0.29, 0.717) is 16.9 Å². The highest BCUT2D eigenvalue weighted by molar-refractivity contribution is 6.17. The first-order valence-corrected chi connectivity index (χ1v) is 9.03. The van der Waals surface area contributed by atoms with Crippen molar-refractivity contribution >= 4 is 22.5 Å². The van der Waals surface area contributed by atoms with Crippen LogP contribution < -0.4 is 4.74 Å². The number of benzene rings is 2. The number of methoxy groups -OCH3 is 1. The third kappa shape index (κ3) is 3.65. The van der Waals surface area contributed by atoms with Crippen LogP contribution >= 0.6 is 0 Å². The number of fused-ring (bicyclic) bond motifs is 1. The van der Waals surface area contributed by atoms with E-state index in [-0.39, 0.29) is 18.1 Å². The van der Waals surface area contributed by atoms with Gasteiger partial charge in [0.2, 0.25) is 0 Å². The lowest BCUT2D eigenvalue weighted by atomic mass is 9.91. The topological polar surface area (TPSA) is 48.3 Å². The van der Waals surface area contributed by atoms with E-state index in [2.05, 4.69) is 0 Å². The molecule has 3 aromatic rings. The summed E-state index contributed by atoms with van der Waals surface area (Å²) in [5.74, 6) is 0.766. The van der Waals surface area contributed by atoms with Gasteiger partial charge >= 0.3 is 0 Å². The van der Waals surface area contributed by atoms with Gasteiger partial charge < -0.3 is 9.30 Å². The lowest BCUT2D eigenvalue weighted by molar-refractivity contribution is -0.126. The molecule has 0 radical (unpaired) electrons. The minimum absolute atomic E-state index is 0.0368. The molecule has 0 aliphatic carbocycles. The van der Waals surface area contributed by atoms with Crippen molar-refractivity contribution in [1.82, 2.24) is 4.57 Å². The number of aromatic nitrogens is 1. The van der Waals surface area contributed by atoms with Crippen LogP contribution in [0.2, 0.25) is 0 Å². The summed E-state index contributed by atoms with van der Waals surface area (Å²) in [5.41, 5.74) is 2.58. The van der Waals surface area contributed by atoms with Gasteiger partial charge in [0.1, 0.15) is 5.75 Å². The van der Waals surface area contributed by atoms with Crippen molar-refractivity contribution in [1.29, 1.82) is 0 Å². The first-order chi connectivity index (χ1) is 12.7. The highest BCUT2D eigenvalue weighted by atomic mass is 16.5. The molecule has 140 valence electrons. The van der Waals surface area contributed by atoms with Crippen LogP contribution in [0.3, 0.4) is 0 Å². The second kappa shape index (κ2) is 7.03. The van der Waals surface area contributed by atoms with Crippen LogP contribution in [0.15, 0.2) is 48.7 Å². The molecule has 0 atom stereocenters. The van der Waals surface area contributed by atoms with Crippen molar-refractivity contribution in [2.45, 2.75) is 34.2 Å². The lowest BCUT2D eigenvalue weighted by Crippen LogP contribution is -2.24. The van der Waals surface area contributed by atoms with Gasteiger partial charge in [-0.25, -0.2) is 0 Å². The Morgan fingerprint density at radius 1 is 1.04 bits per heavy atom. The first kappa shape index (κ1) is 18.9. The zero-order valence-electron chi connectivity index (χ0n) is 16.5. The molecule has 3 rings (SSSR count). The van der Waals surface area contributed by atoms with Gasteiger partial charge in [-0.15, -0.1) is 0 Å². The second-order valence-corrected chi connectivity index (χ2v) is 7.87. The third-order valence-corrected chi connectivity index (χ3v) is 4.87. The summed E-state index contributed by atoms with van der Waals surface area (Å²) in [6, 6.07) is 13.2. The van der Waals surface area contributed by atoms with Crippen molar-refractivity contribution in [2.24, 2.45) is 5.41 Å². The smallest absolute Gasteiger partial charge is 0.195 e. The van der Waals surface area contributed by atoms with E-state index in [4.69, 9.17) is 4.74 Å². The quantitative estimate of drug-likeness (QED) is 0.612. The summed E-state index contributed by atoms with van der Waals surface area (Å²) in [5, 5.41) is 0.825. The normalized spacial score (nSPS) is 11.6. The van der Waals surface area contributed by atoms with Gasteiger partial charge in [-0.05, 0) is 24.6 Å². The Labute approximate surface area is 159 Å². The van der Waals surface area contributed by atoms with E-state index in [9.17, 15) is 9.59 Å². The molecule has 2 aromatic carbocycles. The second-order valence-electron chi connectivity index (χ2n) is 7.87. The number of hydrogen-bond acceptors (Lipinski definition) is 3. The minimum atomic E-state index is -0.449. The molecule has 0 saturated carbocycles. The van der Waals surface area contributed by atoms with Gasteiger partial charge in [-0.3, -0.25) is 9.59 Å². The maximum absolute atomic E-state index is 13.2. The maximum Gasteiger partial charge on any atom is 0.195 e. The van der Waals surface area contributed by atoms with Crippen molar-refractivity contribution < 1.29 is 14.3 Å². The van der Waals surface area contributed by atoms with Crippen molar-refractivity contribution in [3.8, 4) is 5.75 Å². The fourth-order valence-corrected chi connectivity index (χ4v) is 3.08. The average molecular weight is 363 g/mol. The molecular weight excluding hydrogens is 338 g/mol. The summed E-state index contributed by atoms with van der Waals surface area (Å²) < 4.78 is 7.20. The molecule has 4 heteroatoms. The van der Waals surface area contributed by atoms with E-state index in [1.807, 2.05) is 74.7 Å². The number of hydrogen-bond donors (Lipinski definition) is 0. The Hall–Kier alpha value is -2.88. The summed E-state index contributed by atoms with van der Waals surface area (Å²) >= 11 is 0. The van der Waals surface area contributed by atoms with E-state index < -0.39 is 5.41 Å². The van der Waals surface area contributed by atoms with E-state index in [1.165, 1.54) is 0 Å². The summed E-state index contributed by atoms with van der Waals surface area (Å²) in [6.45, 7) is 7.86. The molecule has 0 spiro atoms. The minimum Gasteiger partial charge on any atom is -0.497 e. The first-order valence-electron chi connectivity index (χ1n) is 9.03. The van der Waals surface area contributed by atoms with Gasteiger partial charge in [0.25, 0.3) is 0 Å². The van der Waals surface area contributed by atoms with Gasteiger partial charge in [-0.1, -0.05) is 45.0 Å². The average Bonchev–Trinajstić information content (AvgIpc) is 2.98. The highest BCUT2D eigenvalue weighted by Crippen LogP contribution is 2.29. The van der Waals surface area contributed by atoms with Crippen LogP contribution in [0.1, 0.15) is 42.3 Å². The van der Waals surface area contributed by atoms with Crippen LogP contribution in [0.5, 0.6) is 5.75 Å². The van der Waals surface area contributed by atoms with Crippen molar-refractivity contribution in [2.75, 3.05) is 7.11 Å². The van der Waals surface area contributed by atoms with Crippen molar-refractivity contribution in [3.05, 3.63) is 65.4 Å². The number of carbonyl (C=O) groups is 2. The SMILES string of the molecule is COc1ccc2c(C(=O)c3ccccc3C)cn(CC(=O)C(C)(C)C)c2c1. The number of nitrogens with zero attached hydrogens (tertiary/aromatic N) is 1. The maximum atomic E-state index is 13.2. The molecule has 0 aliphatic rings. The van der Waals surface area contributed by atoms with E-state index >= 15 is 0 Å². The molecule has 27 heavy (non-hydrogen) atoms. The zero-order chi connectivity index (χ0) is 19.8. The molecule has 0 N–H and O–H groups in total. The summed E-state index contributed by atoms with van der Waals surface area (Å²) in [4.78, 5) is 25.8. The van der Waals surface area contributed by atoms with Gasteiger partial charge in [0.15, 0.2) is 11.6 Å². The van der Waals surface area contributed by atoms with Crippen LogP contribution in [0.4, 0.5) is 0 Å². The van der Waals surface area contributed by atoms with Crippen LogP contribution in [-0.2, 0) is 11.3 Å². The standard InChI is InChI=1S/C23H25NO3/c1-15-8-6-7-9-17(15)22(26)19-13-24(14-21(25)23(2,3)4)20-12-16(27-5)10-11-18(19)20/h6-13H,14H2,1-5H3. The number of Topliss-reactive ketones (excluding diaryl/α,β-unsaturated/α-hetero) is 1. The predicted molar refractivity (Wildman–Crippen MR) is 108 cm³/mol. The van der Waals surface area contributed by atoms with Crippen LogP contribution in [0.25, 0.3) is 10.9 Å². The monoisotopic (exact) mass is 363 g/mol. The van der Waals surface area contributed by atoms with Crippen LogP contribution in [0, 0.1) is 12.3 Å². The molecule has 1 aromatic heterocycles. The lowest BCUT2D eigenvalue weighted by Gasteiger charge is -2.17. The highest BCUT2D eigenvalue weighted by Gasteiger charge is 2.24. The largest absolute Gasteiger partial charge is 0.497 e. The number of carbonyl (C=O) groups excluding carboxylic acids is 2. The predicted octanol–water partition coefficient (Wildman–Crippen LogP) is 4.80. The Kier molecular flexibility index (Phi) is 4.92. The fraction of sp³-hybridized carbons (Fsp3) is 0.304. The number of rotatable bonds is 5. The van der Waals surface area contributed by atoms with Crippen molar-refractivity contribution in [3.63, 3.8) is 0 Å². The van der Waals surface area contributed by atoms with Crippen LogP contribution in [-0.4, -0.2) is 23.2 Å². The van der Waals surface area contributed by atoms with Gasteiger partial charge in [-0.2, -0.15) is 0 Å². The molecule has 0 amide bonds. The molecule has 0 bridgehead atoms. The molecule has 0 aliphatic heterocycles. The summed E-state index contributed by atoms with van der Waals surface area (Å²) in [6.07, 6.45) is 1.79. The number of ether oxygens (including phenoxy) is 1. The summed E-state index contributed by atoms with van der Waals surface area (Å²) in [7, 11) is 1.61.